The molecule has 0 saturated heterocycles. The minimum absolute atomic E-state index is 0.549. The van der Waals surface area contributed by atoms with Crippen LogP contribution in [-0.2, 0) is 0 Å². The molecule has 13 rings (SSSR count). The second-order valence-electron chi connectivity index (χ2n) is 15.9. The molecule has 9 aromatic carbocycles. The van der Waals surface area contributed by atoms with Crippen LogP contribution < -0.4 is 0 Å². The first-order valence-corrected chi connectivity index (χ1v) is 21.1. The van der Waals surface area contributed by atoms with Crippen LogP contribution in [0.1, 0.15) is 0 Å². The number of benzene rings is 9. The van der Waals surface area contributed by atoms with Crippen molar-refractivity contribution in [2.75, 3.05) is 0 Å². The molecule has 0 bridgehead atoms. The minimum atomic E-state index is 0.549. The van der Waals surface area contributed by atoms with E-state index in [0.29, 0.717) is 17.5 Å². The third-order valence-corrected chi connectivity index (χ3v) is 12.3. The highest BCUT2D eigenvalue weighted by Gasteiger charge is 2.21. The van der Waals surface area contributed by atoms with Crippen molar-refractivity contribution >= 4 is 65.7 Å². The highest BCUT2D eigenvalue weighted by molar-refractivity contribution is 6.15. The molecule has 0 saturated carbocycles. The van der Waals surface area contributed by atoms with Crippen molar-refractivity contribution in [1.82, 2.24) is 19.5 Å². The summed E-state index contributed by atoms with van der Waals surface area (Å²) >= 11 is 0. The van der Waals surface area contributed by atoms with E-state index >= 15 is 0 Å². The molecule has 0 radical (unpaired) electrons. The fraction of sp³-hybridized carbons (Fsp3) is 0. The normalized spacial score (nSPS) is 11.8. The number of para-hydroxylation sites is 2. The maximum Gasteiger partial charge on any atom is 0.164 e. The van der Waals surface area contributed by atoms with Gasteiger partial charge in [0.1, 0.15) is 22.3 Å². The summed E-state index contributed by atoms with van der Waals surface area (Å²) in [4.78, 5) is 15.5. The van der Waals surface area contributed by atoms with E-state index in [1.54, 1.807) is 0 Å². The number of hydrogen-bond acceptors (Lipinski definition) is 5. The van der Waals surface area contributed by atoms with Gasteiger partial charge in [-0.1, -0.05) is 146 Å². The molecule has 0 aliphatic heterocycles. The SMILES string of the molecule is c1ccc(-c2cccc(-c3cccc4oc5cc(-c6nc(-c7ccccc7)nc(-c7cccc8oc9ccc(-n%10c%11ccccc%11c%11ccccc%11%10)cc9c78)n6)ccc5c34)c2)cc1. The Morgan fingerprint density at radius 1 is 0.302 bits per heavy atom. The molecule has 0 aliphatic rings. The molecule has 0 atom stereocenters. The fourth-order valence-corrected chi connectivity index (χ4v) is 9.39. The van der Waals surface area contributed by atoms with Gasteiger partial charge in [-0.15, -0.1) is 0 Å². The predicted octanol–water partition coefficient (Wildman–Crippen LogP) is 15.1. The highest BCUT2D eigenvalue weighted by Crippen LogP contribution is 2.41. The lowest BCUT2D eigenvalue weighted by molar-refractivity contribution is 0.668. The first-order chi connectivity index (χ1) is 31.2. The molecule has 6 heteroatoms. The van der Waals surface area contributed by atoms with Crippen molar-refractivity contribution in [2.45, 2.75) is 0 Å². The number of furan rings is 2. The zero-order valence-electron chi connectivity index (χ0n) is 33.7. The Hall–Kier alpha value is -8.61. The smallest absolute Gasteiger partial charge is 0.164 e. The molecule has 4 heterocycles. The largest absolute Gasteiger partial charge is 0.456 e. The first-order valence-electron chi connectivity index (χ1n) is 21.1. The molecule has 0 amide bonds. The Labute approximate surface area is 361 Å². The molecule has 0 N–H and O–H groups in total. The number of hydrogen-bond donors (Lipinski definition) is 0. The van der Waals surface area contributed by atoms with Crippen LogP contribution in [0.3, 0.4) is 0 Å². The Morgan fingerprint density at radius 2 is 0.873 bits per heavy atom. The Morgan fingerprint density at radius 3 is 1.62 bits per heavy atom. The van der Waals surface area contributed by atoms with E-state index in [0.717, 1.165) is 88.4 Å². The van der Waals surface area contributed by atoms with E-state index in [-0.39, 0.29) is 0 Å². The zero-order chi connectivity index (χ0) is 41.4. The Kier molecular flexibility index (Phi) is 7.80. The van der Waals surface area contributed by atoms with E-state index in [4.69, 9.17) is 23.8 Å². The molecule has 13 aromatic rings. The van der Waals surface area contributed by atoms with Gasteiger partial charge >= 0.3 is 0 Å². The highest BCUT2D eigenvalue weighted by atomic mass is 16.3. The number of nitrogens with zero attached hydrogens (tertiary/aromatic N) is 4. The molecule has 0 aliphatic carbocycles. The van der Waals surface area contributed by atoms with Gasteiger partial charge < -0.3 is 13.4 Å². The van der Waals surface area contributed by atoms with Crippen molar-refractivity contribution in [3.63, 3.8) is 0 Å². The van der Waals surface area contributed by atoms with Crippen molar-refractivity contribution in [1.29, 1.82) is 0 Å². The third-order valence-electron chi connectivity index (χ3n) is 12.3. The second kappa shape index (κ2) is 14.0. The van der Waals surface area contributed by atoms with Crippen LogP contribution in [0.2, 0.25) is 0 Å². The lowest BCUT2D eigenvalue weighted by Gasteiger charge is -2.10. The Bertz CT molecular complexity index is 3870. The van der Waals surface area contributed by atoms with E-state index < -0.39 is 0 Å². The van der Waals surface area contributed by atoms with Crippen molar-refractivity contribution in [3.05, 3.63) is 206 Å². The molecule has 294 valence electrons. The van der Waals surface area contributed by atoms with E-state index in [9.17, 15) is 0 Å². The minimum Gasteiger partial charge on any atom is -0.456 e. The summed E-state index contributed by atoms with van der Waals surface area (Å²) in [7, 11) is 0. The van der Waals surface area contributed by atoms with Crippen LogP contribution in [0, 0.1) is 0 Å². The average molecular weight is 807 g/mol. The standard InChI is InChI=1S/C57H34N4O2/c1-3-14-35(15-4-1)37-18-11-19-38(32-37)41-22-12-26-50-53(41)44-30-28-39(33-52(44)63-50)56-58-55(36-16-5-2-6-17-36)59-57(60-56)45-23-13-27-51-54(45)46-34-40(29-31-49(46)62-51)61-47-24-9-7-20-42(47)43-21-8-10-25-48(43)61/h1-34H. The molecular weight excluding hydrogens is 773 g/mol. The van der Waals surface area contributed by atoms with Crippen LogP contribution in [0.15, 0.2) is 215 Å². The van der Waals surface area contributed by atoms with Gasteiger partial charge in [-0.25, -0.2) is 15.0 Å². The van der Waals surface area contributed by atoms with Gasteiger partial charge in [-0.2, -0.15) is 0 Å². The summed E-state index contributed by atoms with van der Waals surface area (Å²) in [5.74, 6) is 1.68. The van der Waals surface area contributed by atoms with Gasteiger partial charge in [0.15, 0.2) is 17.5 Å². The van der Waals surface area contributed by atoms with Gasteiger partial charge in [0.05, 0.1) is 11.0 Å². The van der Waals surface area contributed by atoms with Crippen LogP contribution >= 0.6 is 0 Å². The summed E-state index contributed by atoms with van der Waals surface area (Å²) in [6.45, 7) is 0. The molecule has 0 fully saturated rings. The fourth-order valence-electron chi connectivity index (χ4n) is 9.39. The topological polar surface area (TPSA) is 69.9 Å². The summed E-state index contributed by atoms with van der Waals surface area (Å²) in [5.41, 5.74) is 13.7. The van der Waals surface area contributed by atoms with Crippen LogP contribution in [0.5, 0.6) is 0 Å². The van der Waals surface area contributed by atoms with Crippen molar-refractivity contribution in [2.24, 2.45) is 0 Å². The number of rotatable bonds is 6. The number of fused-ring (bicyclic) bond motifs is 9. The number of aromatic nitrogens is 4. The van der Waals surface area contributed by atoms with Crippen LogP contribution in [0.25, 0.3) is 128 Å². The quantitative estimate of drug-likeness (QED) is 0.167. The van der Waals surface area contributed by atoms with Gasteiger partial charge in [-0.05, 0) is 82.9 Å². The molecule has 6 nitrogen and oxygen atoms in total. The van der Waals surface area contributed by atoms with Crippen LogP contribution in [0.4, 0.5) is 0 Å². The molecule has 4 aromatic heterocycles. The first kappa shape index (κ1) is 35.2. The summed E-state index contributed by atoms with van der Waals surface area (Å²) in [6, 6.07) is 71.5. The molecular formula is C57H34N4O2. The molecule has 63 heavy (non-hydrogen) atoms. The summed E-state index contributed by atoms with van der Waals surface area (Å²) in [5, 5.41) is 6.46. The van der Waals surface area contributed by atoms with Gasteiger partial charge in [-0.3, -0.25) is 0 Å². The summed E-state index contributed by atoms with van der Waals surface area (Å²) < 4.78 is 15.5. The molecule has 0 spiro atoms. The zero-order valence-corrected chi connectivity index (χ0v) is 33.7. The van der Waals surface area contributed by atoms with Gasteiger partial charge in [0.25, 0.3) is 0 Å². The maximum absolute atomic E-state index is 6.63. The van der Waals surface area contributed by atoms with Gasteiger partial charge in [0.2, 0.25) is 0 Å². The van der Waals surface area contributed by atoms with Crippen LogP contribution in [-0.4, -0.2) is 19.5 Å². The maximum atomic E-state index is 6.63. The average Bonchev–Trinajstić information content (AvgIpc) is 4.03. The second-order valence-corrected chi connectivity index (χ2v) is 15.9. The summed E-state index contributed by atoms with van der Waals surface area (Å²) in [6.07, 6.45) is 0. The monoisotopic (exact) mass is 806 g/mol. The van der Waals surface area contributed by atoms with E-state index in [1.165, 1.54) is 21.9 Å². The van der Waals surface area contributed by atoms with Crippen molar-refractivity contribution < 1.29 is 8.83 Å². The Balaban J connectivity index is 0.975. The lowest BCUT2D eigenvalue weighted by atomic mass is 9.96. The van der Waals surface area contributed by atoms with E-state index in [2.05, 4.69) is 156 Å². The van der Waals surface area contributed by atoms with Crippen molar-refractivity contribution in [3.8, 4) is 62.1 Å². The third kappa shape index (κ3) is 5.69. The molecule has 0 unspecified atom stereocenters. The lowest BCUT2D eigenvalue weighted by Crippen LogP contribution is -2.00. The van der Waals surface area contributed by atoms with Gasteiger partial charge in [0, 0.05) is 54.7 Å². The predicted molar refractivity (Wildman–Crippen MR) is 256 cm³/mol. The van der Waals surface area contributed by atoms with E-state index in [1.807, 2.05) is 54.6 Å².